The molecule has 1 aliphatic carbocycles. The van der Waals surface area contributed by atoms with Gasteiger partial charge in [0.25, 0.3) is 0 Å². The lowest BCUT2D eigenvalue weighted by atomic mass is 10.2. The summed E-state index contributed by atoms with van der Waals surface area (Å²) in [6, 6.07) is 2.32. The second-order valence-corrected chi connectivity index (χ2v) is 3.81. The number of anilines is 2. The molecule has 2 unspecified atom stereocenters. The van der Waals surface area contributed by atoms with E-state index in [1.165, 1.54) is 6.07 Å². The highest BCUT2D eigenvalue weighted by Gasteiger charge is 2.32. The summed E-state index contributed by atoms with van der Waals surface area (Å²) in [6.45, 7) is 2.07. The number of hydrogen-bond donors (Lipinski definition) is 2. The summed E-state index contributed by atoms with van der Waals surface area (Å²) in [5.74, 6) is -0.756. The Hall–Kier alpha value is -1.32. The van der Waals surface area contributed by atoms with Gasteiger partial charge in [-0.1, -0.05) is 6.92 Å². The van der Waals surface area contributed by atoms with Crippen molar-refractivity contribution >= 4 is 11.4 Å². The number of nitrogens with two attached hydrogens (primary N) is 1. The van der Waals surface area contributed by atoms with Crippen LogP contribution in [-0.4, -0.2) is 6.04 Å². The minimum absolute atomic E-state index is 0.00880. The maximum absolute atomic E-state index is 13.0. The number of hydrogen-bond acceptors (Lipinski definition) is 2. The second kappa shape index (κ2) is 3.12. The fraction of sp³-hybridized carbons (Fsp3) is 0.400. The third-order valence-electron chi connectivity index (χ3n) is 2.54. The summed E-state index contributed by atoms with van der Waals surface area (Å²) >= 11 is 0. The summed E-state index contributed by atoms with van der Waals surface area (Å²) in [6.07, 6.45) is 1.03. The van der Waals surface area contributed by atoms with E-state index >= 15 is 0 Å². The first-order chi connectivity index (χ1) is 6.58. The summed E-state index contributed by atoms with van der Waals surface area (Å²) in [5.41, 5.74) is 5.82. The molecule has 1 saturated carbocycles. The third kappa shape index (κ3) is 1.64. The molecule has 1 fully saturated rings. The van der Waals surface area contributed by atoms with Crippen molar-refractivity contribution in [1.82, 2.24) is 0 Å². The lowest BCUT2D eigenvalue weighted by molar-refractivity contribution is 0.587. The Morgan fingerprint density at radius 3 is 2.64 bits per heavy atom. The Bertz CT molecular complexity index is 365. The molecule has 1 aromatic carbocycles. The normalized spacial score (nSPS) is 24.8. The smallest absolute Gasteiger partial charge is 0.151 e. The van der Waals surface area contributed by atoms with Gasteiger partial charge in [0.2, 0.25) is 0 Å². The van der Waals surface area contributed by atoms with Gasteiger partial charge in [0, 0.05) is 12.1 Å². The number of nitrogens with one attached hydrogen (secondary N) is 1. The number of nitrogen functional groups attached to an aromatic ring is 1. The minimum atomic E-state index is -0.708. The van der Waals surface area contributed by atoms with Crippen LogP contribution in [0.3, 0.4) is 0 Å². The lowest BCUT2D eigenvalue weighted by Gasteiger charge is -2.09. The highest BCUT2D eigenvalue weighted by Crippen LogP contribution is 2.35. The molecule has 1 aliphatic rings. The molecular formula is C10H12F2N2. The molecule has 0 amide bonds. The van der Waals surface area contributed by atoms with Crippen LogP contribution < -0.4 is 11.1 Å². The predicted molar refractivity (Wildman–Crippen MR) is 52.0 cm³/mol. The molecule has 0 saturated heterocycles. The van der Waals surface area contributed by atoms with E-state index in [0.717, 1.165) is 12.5 Å². The van der Waals surface area contributed by atoms with Crippen LogP contribution in [0.4, 0.5) is 20.2 Å². The van der Waals surface area contributed by atoms with Gasteiger partial charge >= 0.3 is 0 Å². The van der Waals surface area contributed by atoms with Gasteiger partial charge < -0.3 is 11.1 Å². The van der Waals surface area contributed by atoms with E-state index in [4.69, 9.17) is 5.73 Å². The molecule has 0 heterocycles. The third-order valence-corrected chi connectivity index (χ3v) is 2.54. The average Bonchev–Trinajstić information content (AvgIpc) is 2.77. The van der Waals surface area contributed by atoms with Crippen LogP contribution in [0.2, 0.25) is 0 Å². The highest BCUT2D eigenvalue weighted by molar-refractivity contribution is 5.67. The fourth-order valence-corrected chi connectivity index (χ4v) is 1.43. The topological polar surface area (TPSA) is 38.0 Å². The van der Waals surface area contributed by atoms with Crippen molar-refractivity contribution in [3.05, 3.63) is 23.8 Å². The zero-order valence-corrected chi connectivity index (χ0v) is 7.85. The van der Waals surface area contributed by atoms with E-state index in [2.05, 4.69) is 12.2 Å². The standard InChI is InChI=1S/C10H12F2N2/c1-5-2-8(5)14-9-4-6(11)3-7(12)10(9)13/h3-5,8,14H,2,13H2,1H3. The average molecular weight is 198 g/mol. The molecule has 0 aliphatic heterocycles. The number of benzene rings is 1. The molecule has 76 valence electrons. The molecule has 0 bridgehead atoms. The van der Waals surface area contributed by atoms with Crippen LogP contribution in [0, 0.1) is 17.6 Å². The quantitative estimate of drug-likeness (QED) is 0.716. The first-order valence-electron chi connectivity index (χ1n) is 4.59. The first kappa shape index (κ1) is 9.24. The van der Waals surface area contributed by atoms with Crippen LogP contribution in [0.15, 0.2) is 12.1 Å². The molecule has 1 aromatic rings. The predicted octanol–water partition coefficient (Wildman–Crippen LogP) is 2.37. The number of rotatable bonds is 2. The van der Waals surface area contributed by atoms with Crippen LogP contribution in [0.1, 0.15) is 13.3 Å². The largest absolute Gasteiger partial charge is 0.395 e. The molecule has 0 spiro atoms. The zero-order chi connectivity index (χ0) is 10.3. The molecule has 2 atom stereocenters. The Morgan fingerprint density at radius 2 is 2.07 bits per heavy atom. The minimum Gasteiger partial charge on any atom is -0.395 e. The van der Waals surface area contributed by atoms with Gasteiger partial charge in [-0.3, -0.25) is 0 Å². The molecule has 14 heavy (non-hydrogen) atoms. The summed E-state index contributed by atoms with van der Waals surface area (Å²) in [4.78, 5) is 0. The Morgan fingerprint density at radius 1 is 1.43 bits per heavy atom. The first-order valence-corrected chi connectivity index (χ1v) is 4.59. The zero-order valence-electron chi connectivity index (χ0n) is 7.85. The van der Waals surface area contributed by atoms with Gasteiger partial charge in [0.15, 0.2) is 5.82 Å². The van der Waals surface area contributed by atoms with E-state index in [0.29, 0.717) is 17.6 Å². The van der Waals surface area contributed by atoms with Crippen molar-refractivity contribution in [2.24, 2.45) is 5.92 Å². The Kier molecular flexibility index (Phi) is 2.06. The van der Waals surface area contributed by atoms with Crippen LogP contribution in [0.25, 0.3) is 0 Å². The molecule has 3 N–H and O–H groups in total. The highest BCUT2D eigenvalue weighted by atomic mass is 19.1. The molecule has 0 radical (unpaired) electrons. The maximum atomic E-state index is 13.0. The van der Waals surface area contributed by atoms with Gasteiger partial charge in [0.1, 0.15) is 5.82 Å². The van der Waals surface area contributed by atoms with E-state index < -0.39 is 11.6 Å². The van der Waals surface area contributed by atoms with E-state index in [-0.39, 0.29) is 5.69 Å². The molecular weight excluding hydrogens is 186 g/mol. The van der Waals surface area contributed by atoms with Crippen molar-refractivity contribution in [3.63, 3.8) is 0 Å². The van der Waals surface area contributed by atoms with E-state index in [9.17, 15) is 8.78 Å². The maximum Gasteiger partial charge on any atom is 0.151 e. The van der Waals surface area contributed by atoms with Crippen LogP contribution in [0.5, 0.6) is 0 Å². The molecule has 0 aromatic heterocycles. The van der Waals surface area contributed by atoms with Crippen LogP contribution in [-0.2, 0) is 0 Å². The van der Waals surface area contributed by atoms with Crippen LogP contribution >= 0.6 is 0 Å². The van der Waals surface area contributed by atoms with E-state index in [1.807, 2.05) is 0 Å². The van der Waals surface area contributed by atoms with Gasteiger partial charge in [-0.05, 0) is 18.4 Å². The SMILES string of the molecule is CC1CC1Nc1cc(F)cc(F)c1N. The van der Waals surface area contributed by atoms with Crippen molar-refractivity contribution in [1.29, 1.82) is 0 Å². The number of halogens is 2. The summed E-state index contributed by atoms with van der Waals surface area (Å²) < 4.78 is 25.8. The second-order valence-electron chi connectivity index (χ2n) is 3.81. The van der Waals surface area contributed by atoms with Crippen molar-refractivity contribution in [2.45, 2.75) is 19.4 Å². The van der Waals surface area contributed by atoms with Crippen molar-refractivity contribution < 1.29 is 8.78 Å². The molecule has 4 heteroatoms. The van der Waals surface area contributed by atoms with Gasteiger partial charge in [-0.15, -0.1) is 0 Å². The lowest BCUT2D eigenvalue weighted by Crippen LogP contribution is -2.07. The van der Waals surface area contributed by atoms with E-state index in [1.54, 1.807) is 0 Å². The van der Waals surface area contributed by atoms with Gasteiger partial charge in [-0.2, -0.15) is 0 Å². The Labute approximate surface area is 81.1 Å². The summed E-state index contributed by atoms with van der Waals surface area (Å²) in [5, 5.41) is 3.01. The molecule has 2 nitrogen and oxygen atoms in total. The van der Waals surface area contributed by atoms with Gasteiger partial charge in [0.05, 0.1) is 11.4 Å². The molecule has 2 rings (SSSR count). The van der Waals surface area contributed by atoms with Gasteiger partial charge in [-0.25, -0.2) is 8.78 Å². The fourth-order valence-electron chi connectivity index (χ4n) is 1.43. The summed E-state index contributed by atoms with van der Waals surface area (Å²) in [7, 11) is 0. The van der Waals surface area contributed by atoms with Crippen molar-refractivity contribution in [2.75, 3.05) is 11.1 Å². The van der Waals surface area contributed by atoms with Crippen molar-refractivity contribution in [3.8, 4) is 0 Å². The monoisotopic (exact) mass is 198 g/mol. The Balaban J connectivity index is 2.23.